The van der Waals surface area contributed by atoms with Crippen molar-refractivity contribution in [1.29, 1.82) is 5.41 Å². The van der Waals surface area contributed by atoms with Crippen molar-refractivity contribution in [2.45, 2.75) is 26.7 Å². The molecule has 1 N–H and O–H groups in total. The molecule has 0 saturated heterocycles. The SMILES string of the molecule is CCCN(CCC)C(=N)c1ccccc1. The summed E-state index contributed by atoms with van der Waals surface area (Å²) < 4.78 is 0. The smallest absolute Gasteiger partial charge is 0.128 e. The van der Waals surface area contributed by atoms with Gasteiger partial charge in [-0.2, -0.15) is 0 Å². The van der Waals surface area contributed by atoms with Crippen molar-refractivity contribution in [3.63, 3.8) is 0 Å². The average Bonchev–Trinajstić information content (AvgIpc) is 2.29. The molecule has 0 heterocycles. The Kier molecular flexibility index (Phi) is 4.88. The zero-order valence-electron chi connectivity index (χ0n) is 9.66. The second kappa shape index (κ2) is 6.23. The number of benzene rings is 1. The zero-order chi connectivity index (χ0) is 11.1. The number of rotatable bonds is 5. The highest BCUT2D eigenvalue weighted by molar-refractivity contribution is 5.96. The van der Waals surface area contributed by atoms with Crippen molar-refractivity contribution in [1.82, 2.24) is 4.90 Å². The van der Waals surface area contributed by atoms with E-state index in [4.69, 9.17) is 5.41 Å². The Balaban J connectivity index is 2.71. The lowest BCUT2D eigenvalue weighted by Gasteiger charge is -2.24. The van der Waals surface area contributed by atoms with E-state index in [2.05, 4.69) is 18.7 Å². The molecule has 0 atom stereocenters. The fraction of sp³-hybridized carbons (Fsp3) is 0.462. The van der Waals surface area contributed by atoms with Crippen LogP contribution in [0.1, 0.15) is 32.3 Å². The van der Waals surface area contributed by atoms with Crippen LogP contribution in [0.5, 0.6) is 0 Å². The van der Waals surface area contributed by atoms with Crippen LogP contribution in [0.15, 0.2) is 30.3 Å². The van der Waals surface area contributed by atoms with Gasteiger partial charge in [-0.25, -0.2) is 0 Å². The Morgan fingerprint density at radius 2 is 1.60 bits per heavy atom. The molecule has 1 aromatic carbocycles. The maximum atomic E-state index is 8.12. The summed E-state index contributed by atoms with van der Waals surface area (Å²) in [7, 11) is 0. The Morgan fingerprint density at radius 3 is 2.07 bits per heavy atom. The van der Waals surface area contributed by atoms with E-state index >= 15 is 0 Å². The molecule has 0 aliphatic heterocycles. The Hall–Kier alpha value is -1.31. The summed E-state index contributed by atoms with van der Waals surface area (Å²) in [6, 6.07) is 9.96. The third kappa shape index (κ3) is 3.39. The van der Waals surface area contributed by atoms with Gasteiger partial charge in [0.1, 0.15) is 5.84 Å². The minimum Gasteiger partial charge on any atom is -0.357 e. The summed E-state index contributed by atoms with van der Waals surface area (Å²) in [6.45, 7) is 6.25. The molecular formula is C13H20N2. The highest BCUT2D eigenvalue weighted by Gasteiger charge is 2.08. The summed E-state index contributed by atoms with van der Waals surface area (Å²) in [4.78, 5) is 2.15. The summed E-state index contributed by atoms with van der Waals surface area (Å²) in [6.07, 6.45) is 2.18. The average molecular weight is 204 g/mol. The minimum absolute atomic E-state index is 0.652. The van der Waals surface area contributed by atoms with Gasteiger partial charge in [-0.3, -0.25) is 5.41 Å². The molecule has 2 heteroatoms. The van der Waals surface area contributed by atoms with Crippen molar-refractivity contribution < 1.29 is 0 Å². The number of amidine groups is 1. The topological polar surface area (TPSA) is 27.1 Å². The van der Waals surface area contributed by atoms with E-state index in [1.165, 1.54) is 0 Å². The lowest BCUT2D eigenvalue weighted by molar-refractivity contribution is 0.415. The predicted molar refractivity (Wildman–Crippen MR) is 65.4 cm³/mol. The summed E-state index contributed by atoms with van der Waals surface area (Å²) in [5.74, 6) is 0.652. The monoisotopic (exact) mass is 204 g/mol. The maximum Gasteiger partial charge on any atom is 0.128 e. The Morgan fingerprint density at radius 1 is 1.07 bits per heavy atom. The number of nitrogens with zero attached hydrogens (tertiary/aromatic N) is 1. The van der Waals surface area contributed by atoms with Crippen molar-refractivity contribution >= 4 is 5.84 Å². The number of hydrogen-bond acceptors (Lipinski definition) is 1. The maximum absolute atomic E-state index is 8.12. The molecule has 1 aromatic rings. The van der Waals surface area contributed by atoms with Crippen LogP contribution in [0.2, 0.25) is 0 Å². The van der Waals surface area contributed by atoms with Gasteiger partial charge in [0.05, 0.1) is 0 Å². The zero-order valence-corrected chi connectivity index (χ0v) is 9.66. The standard InChI is InChI=1S/C13H20N2/c1-3-10-15(11-4-2)13(14)12-8-6-5-7-9-12/h5-9,14H,3-4,10-11H2,1-2H3. The van der Waals surface area contributed by atoms with Gasteiger partial charge in [-0.15, -0.1) is 0 Å². The highest BCUT2D eigenvalue weighted by atomic mass is 15.2. The molecule has 0 saturated carbocycles. The van der Waals surface area contributed by atoms with E-state index < -0.39 is 0 Å². The van der Waals surface area contributed by atoms with E-state index in [0.29, 0.717) is 5.84 Å². The number of nitrogens with one attached hydrogen (secondary N) is 1. The van der Waals surface area contributed by atoms with Crippen molar-refractivity contribution in [2.24, 2.45) is 0 Å². The Labute approximate surface area is 92.4 Å². The fourth-order valence-electron chi connectivity index (χ4n) is 1.65. The van der Waals surface area contributed by atoms with Crippen LogP contribution in [0.4, 0.5) is 0 Å². The molecule has 0 bridgehead atoms. The van der Waals surface area contributed by atoms with E-state index in [0.717, 1.165) is 31.5 Å². The molecule has 0 unspecified atom stereocenters. The first kappa shape index (κ1) is 11.8. The normalized spacial score (nSPS) is 10.0. The molecule has 82 valence electrons. The second-order valence-corrected chi connectivity index (χ2v) is 3.70. The molecule has 2 nitrogen and oxygen atoms in total. The molecule has 0 spiro atoms. The second-order valence-electron chi connectivity index (χ2n) is 3.70. The van der Waals surface area contributed by atoms with Crippen LogP contribution in [0.25, 0.3) is 0 Å². The molecule has 0 aliphatic rings. The van der Waals surface area contributed by atoms with Crippen LogP contribution in [0, 0.1) is 5.41 Å². The minimum atomic E-state index is 0.652. The lowest BCUT2D eigenvalue weighted by atomic mass is 10.2. The van der Waals surface area contributed by atoms with Gasteiger partial charge in [-0.1, -0.05) is 44.2 Å². The molecular weight excluding hydrogens is 184 g/mol. The molecule has 15 heavy (non-hydrogen) atoms. The van der Waals surface area contributed by atoms with Gasteiger partial charge >= 0.3 is 0 Å². The van der Waals surface area contributed by atoms with Crippen molar-refractivity contribution in [3.05, 3.63) is 35.9 Å². The van der Waals surface area contributed by atoms with Gasteiger partial charge < -0.3 is 4.90 Å². The number of hydrogen-bond donors (Lipinski definition) is 1. The van der Waals surface area contributed by atoms with Gasteiger partial charge in [0, 0.05) is 18.7 Å². The molecule has 1 rings (SSSR count). The van der Waals surface area contributed by atoms with Gasteiger partial charge in [-0.05, 0) is 12.8 Å². The fourth-order valence-corrected chi connectivity index (χ4v) is 1.65. The van der Waals surface area contributed by atoms with Gasteiger partial charge in [0.2, 0.25) is 0 Å². The first-order valence-corrected chi connectivity index (χ1v) is 5.68. The first-order valence-electron chi connectivity index (χ1n) is 5.68. The summed E-state index contributed by atoms with van der Waals surface area (Å²) in [5, 5.41) is 8.12. The third-order valence-electron chi connectivity index (χ3n) is 2.35. The first-order chi connectivity index (χ1) is 7.29. The molecule has 0 fully saturated rings. The van der Waals surface area contributed by atoms with Gasteiger partial charge in [0.15, 0.2) is 0 Å². The highest BCUT2D eigenvalue weighted by Crippen LogP contribution is 2.05. The molecule has 0 aliphatic carbocycles. The predicted octanol–water partition coefficient (Wildman–Crippen LogP) is 3.13. The van der Waals surface area contributed by atoms with E-state index in [9.17, 15) is 0 Å². The van der Waals surface area contributed by atoms with Crippen molar-refractivity contribution in [3.8, 4) is 0 Å². The van der Waals surface area contributed by atoms with Crippen molar-refractivity contribution in [2.75, 3.05) is 13.1 Å². The molecule has 0 aromatic heterocycles. The van der Waals surface area contributed by atoms with Crippen LogP contribution in [0.3, 0.4) is 0 Å². The molecule has 0 amide bonds. The van der Waals surface area contributed by atoms with E-state index in [1.807, 2.05) is 30.3 Å². The quantitative estimate of drug-likeness (QED) is 0.579. The Bertz CT molecular complexity index is 287. The van der Waals surface area contributed by atoms with E-state index in [-0.39, 0.29) is 0 Å². The summed E-state index contributed by atoms with van der Waals surface area (Å²) >= 11 is 0. The van der Waals surface area contributed by atoms with Gasteiger partial charge in [0.25, 0.3) is 0 Å². The largest absolute Gasteiger partial charge is 0.357 e. The van der Waals surface area contributed by atoms with Crippen LogP contribution in [-0.4, -0.2) is 23.8 Å². The van der Waals surface area contributed by atoms with Crippen LogP contribution >= 0.6 is 0 Å². The third-order valence-corrected chi connectivity index (χ3v) is 2.35. The van der Waals surface area contributed by atoms with Crippen LogP contribution < -0.4 is 0 Å². The molecule has 0 radical (unpaired) electrons. The summed E-state index contributed by atoms with van der Waals surface area (Å²) in [5.41, 5.74) is 1.01. The van der Waals surface area contributed by atoms with E-state index in [1.54, 1.807) is 0 Å². The van der Waals surface area contributed by atoms with Crippen LogP contribution in [-0.2, 0) is 0 Å². The lowest BCUT2D eigenvalue weighted by Crippen LogP contribution is -2.32.